The molecule has 0 aromatic carbocycles. The van der Waals surface area contributed by atoms with Gasteiger partial charge in [0.25, 0.3) is 0 Å². The van der Waals surface area contributed by atoms with Gasteiger partial charge in [0, 0.05) is 6.42 Å². The largest absolute Gasteiger partial charge is 0.338 e. The lowest BCUT2D eigenvalue weighted by molar-refractivity contribution is 0.300. The Hall–Kier alpha value is -0.900. The molecule has 0 amide bonds. The molecule has 2 fully saturated rings. The third kappa shape index (κ3) is 2.30. The quantitative estimate of drug-likeness (QED) is 0.891. The normalized spacial score (nSPS) is 31.2. The molecule has 100 valence electrons. The van der Waals surface area contributed by atoms with Gasteiger partial charge >= 0.3 is 0 Å². The summed E-state index contributed by atoms with van der Waals surface area (Å²) in [7, 11) is 0. The van der Waals surface area contributed by atoms with E-state index in [1.165, 1.54) is 19.3 Å². The summed E-state index contributed by atoms with van der Waals surface area (Å²) in [6.07, 6.45) is 6.10. The van der Waals surface area contributed by atoms with E-state index in [4.69, 9.17) is 4.52 Å². The summed E-state index contributed by atoms with van der Waals surface area (Å²) >= 11 is 0. The minimum absolute atomic E-state index is 0.317. The van der Waals surface area contributed by atoms with Gasteiger partial charge in [0.15, 0.2) is 5.82 Å². The zero-order chi connectivity index (χ0) is 12.5. The van der Waals surface area contributed by atoms with Crippen LogP contribution in [0.1, 0.15) is 57.3 Å². The molecule has 18 heavy (non-hydrogen) atoms. The number of nitrogens with one attached hydrogen (secondary N) is 1. The third-order valence-corrected chi connectivity index (χ3v) is 4.44. The molecule has 2 aliphatic rings. The summed E-state index contributed by atoms with van der Waals surface area (Å²) < 4.78 is 5.47. The second-order valence-electron chi connectivity index (χ2n) is 6.22. The first-order chi connectivity index (χ1) is 8.74. The Labute approximate surface area is 109 Å². The molecular formula is C14H23N3O. The average molecular weight is 249 g/mol. The van der Waals surface area contributed by atoms with Gasteiger partial charge < -0.3 is 9.84 Å². The molecule has 1 N–H and O–H groups in total. The van der Waals surface area contributed by atoms with Gasteiger partial charge in [0.05, 0.1) is 6.04 Å². The van der Waals surface area contributed by atoms with Crippen molar-refractivity contribution in [2.24, 2.45) is 17.8 Å². The van der Waals surface area contributed by atoms with Gasteiger partial charge in [-0.3, -0.25) is 0 Å². The predicted octanol–water partition coefficient (Wildman–Crippen LogP) is 2.72. The van der Waals surface area contributed by atoms with Crippen molar-refractivity contribution in [3.63, 3.8) is 0 Å². The van der Waals surface area contributed by atoms with Crippen molar-refractivity contribution in [1.29, 1.82) is 0 Å². The van der Waals surface area contributed by atoms with Crippen LogP contribution in [0.2, 0.25) is 0 Å². The molecule has 1 saturated heterocycles. The van der Waals surface area contributed by atoms with Crippen molar-refractivity contribution in [2.75, 3.05) is 6.54 Å². The highest BCUT2D eigenvalue weighted by Crippen LogP contribution is 2.43. The Balaban J connectivity index is 1.66. The number of fused-ring (bicyclic) bond motifs is 1. The van der Waals surface area contributed by atoms with Crippen molar-refractivity contribution in [2.45, 2.75) is 52.0 Å². The first-order valence-corrected chi connectivity index (χ1v) is 7.30. The second-order valence-corrected chi connectivity index (χ2v) is 6.22. The second kappa shape index (κ2) is 5.00. The Morgan fingerprint density at radius 2 is 2.28 bits per heavy atom. The van der Waals surface area contributed by atoms with Crippen LogP contribution in [0.5, 0.6) is 0 Å². The molecule has 0 bridgehead atoms. The first-order valence-electron chi connectivity index (χ1n) is 7.30. The highest BCUT2D eigenvalue weighted by molar-refractivity contribution is 5.03. The minimum Gasteiger partial charge on any atom is -0.338 e. The van der Waals surface area contributed by atoms with Crippen LogP contribution in [-0.2, 0) is 6.42 Å². The van der Waals surface area contributed by atoms with Crippen LogP contribution >= 0.6 is 0 Å². The summed E-state index contributed by atoms with van der Waals surface area (Å²) in [5.74, 6) is 3.95. The van der Waals surface area contributed by atoms with E-state index < -0.39 is 0 Å². The van der Waals surface area contributed by atoms with Crippen molar-refractivity contribution >= 4 is 0 Å². The van der Waals surface area contributed by atoms with Crippen LogP contribution in [0, 0.1) is 17.8 Å². The lowest BCUT2D eigenvalue weighted by Crippen LogP contribution is -2.18. The molecule has 1 aromatic rings. The zero-order valence-corrected chi connectivity index (χ0v) is 11.4. The highest BCUT2D eigenvalue weighted by Gasteiger charge is 2.42. The van der Waals surface area contributed by atoms with Crippen LogP contribution in [0.3, 0.4) is 0 Å². The van der Waals surface area contributed by atoms with Gasteiger partial charge in [-0.1, -0.05) is 25.4 Å². The molecule has 4 heteroatoms. The SMILES string of the molecule is CC(C)CCc1noc(C2NCC3CCCC32)n1. The molecule has 2 heterocycles. The molecule has 0 spiro atoms. The van der Waals surface area contributed by atoms with Gasteiger partial charge in [-0.2, -0.15) is 4.98 Å². The van der Waals surface area contributed by atoms with E-state index in [0.717, 1.165) is 42.9 Å². The summed E-state index contributed by atoms with van der Waals surface area (Å²) in [6.45, 7) is 5.57. The maximum Gasteiger partial charge on any atom is 0.244 e. The van der Waals surface area contributed by atoms with Crippen molar-refractivity contribution in [3.05, 3.63) is 11.7 Å². The van der Waals surface area contributed by atoms with E-state index >= 15 is 0 Å². The first kappa shape index (κ1) is 12.2. The standard InChI is InChI=1S/C14H23N3O/c1-9(2)6-7-12-16-14(18-17-12)13-11-5-3-4-10(11)8-15-13/h9-11,13,15H,3-8H2,1-2H3. The molecule has 1 saturated carbocycles. The Kier molecular flexibility index (Phi) is 3.37. The van der Waals surface area contributed by atoms with Crippen LogP contribution in [0.15, 0.2) is 4.52 Å². The Morgan fingerprint density at radius 3 is 3.11 bits per heavy atom. The molecule has 3 atom stereocenters. The zero-order valence-electron chi connectivity index (χ0n) is 11.4. The van der Waals surface area contributed by atoms with Gasteiger partial charge in [0.2, 0.25) is 5.89 Å². The van der Waals surface area contributed by atoms with Gasteiger partial charge in [0.1, 0.15) is 0 Å². The maximum absolute atomic E-state index is 5.47. The molecule has 0 radical (unpaired) electrons. The monoisotopic (exact) mass is 249 g/mol. The van der Waals surface area contributed by atoms with E-state index in [0.29, 0.717) is 12.0 Å². The molecule has 1 aromatic heterocycles. The number of aryl methyl sites for hydroxylation is 1. The van der Waals surface area contributed by atoms with E-state index in [-0.39, 0.29) is 0 Å². The smallest absolute Gasteiger partial charge is 0.244 e. The number of aromatic nitrogens is 2. The van der Waals surface area contributed by atoms with E-state index in [1.807, 2.05) is 0 Å². The maximum atomic E-state index is 5.47. The van der Waals surface area contributed by atoms with Crippen LogP contribution < -0.4 is 5.32 Å². The lowest BCUT2D eigenvalue weighted by Gasteiger charge is -2.13. The summed E-state index contributed by atoms with van der Waals surface area (Å²) in [4.78, 5) is 4.58. The van der Waals surface area contributed by atoms with Gasteiger partial charge in [-0.05, 0) is 43.6 Å². The van der Waals surface area contributed by atoms with E-state index in [1.54, 1.807) is 0 Å². The molecule has 3 unspecified atom stereocenters. The number of rotatable bonds is 4. The van der Waals surface area contributed by atoms with Crippen molar-refractivity contribution in [3.8, 4) is 0 Å². The fraction of sp³-hybridized carbons (Fsp3) is 0.857. The summed E-state index contributed by atoms with van der Waals surface area (Å²) in [6, 6.07) is 0.317. The van der Waals surface area contributed by atoms with Crippen molar-refractivity contribution in [1.82, 2.24) is 15.5 Å². The Bertz CT molecular complexity index is 401. The Morgan fingerprint density at radius 1 is 1.39 bits per heavy atom. The topological polar surface area (TPSA) is 51.0 Å². The van der Waals surface area contributed by atoms with Gasteiger partial charge in [-0.25, -0.2) is 0 Å². The molecule has 4 nitrogen and oxygen atoms in total. The molecule has 1 aliphatic heterocycles. The number of hydrogen-bond acceptors (Lipinski definition) is 4. The lowest BCUT2D eigenvalue weighted by atomic mass is 9.94. The third-order valence-electron chi connectivity index (χ3n) is 4.44. The van der Waals surface area contributed by atoms with E-state index in [9.17, 15) is 0 Å². The number of nitrogens with zero attached hydrogens (tertiary/aromatic N) is 2. The van der Waals surface area contributed by atoms with Gasteiger partial charge in [-0.15, -0.1) is 0 Å². The molecular weight excluding hydrogens is 226 g/mol. The van der Waals surface area contributed by atoms with Crippen molar-refractivity contribution < 1.29 is 4.52 Å². The molecule has 1 aliphatic carbocycles. The van der Waals surface area contributed by atoms with Crippen LogP contribution in [-0.4, -0.2) is 16.7 Å². The minimum atomic E-state index is 0.317. The van der Waals surface area contributed by atoms with Crippen LogP contribution in [0.25, 0.3) is 0 Å². The predicted molar refractivity (Wildman–Crippen MR) is 69.0 cm³/mol. The summed E-state index contributed by atoms with van der Waals surface area (Å²) in [5.41, 5.74) is 0. The van der Waals surface area contributed by atoms with E-state index in [2.05, 4.69) is 29.3 Å². The average Bonchev–Trinajstić information content (AvgIpc) is 3.01. The summed E-state index contributed by atoms with van der Waals surface area (Å²) in [5, 5.41) is 7.68. The highest BCUT2D eigenvalue weighted by atomic mass is 16.5. The number of hydrogen-bond donors (Lipinski definition) is 1. The molecule has 3 rings (SSSR count). The fourth-order valence-electron chi connectivity index (χ4n) is 3.37. The fourth-order valence-corrected chi connectivity index (χ4v) is 3.37. The van der Waals surface area contributed by atoms with Crippen LogP contribution in [0.4, 0.5) is 0 Å².